The lowest BCUT2D eigenvalue weighted by molar-refractivity contribution is -0.145. The first kappa shape index (κ1) is 13.1. The Balaban J connectivity index is 2.08. The molecule has 1 aliphatic rings. The Bertz CT molecular complexity index is 544. The van der Waals surface area contributed by atoms with Crippen LogP contribution < -0.4 is 5.32 Å². The summed E-state index contributed by atoms with van der Waals surface area (Å²) in [5.74, 6) is -3.29. The Kier molecular flexibility index (Phi) is 3.55. The van der Waals surface area contributed by atoms with E-state index in [1.165, 1.54) is 0 Å². The number of piperazine rings is 1. The first-order valence-electron chi connectivity index (χ1n) is 5.50. The maximum Gasteiger partial charge on any atom is 0.246 e. The van der Waals surface area contributed by atoms with Crippen LogP contribution >= 0.6 is 0 Å². The van der Waals surface area contributed by atoms with E-state index in [2.05, 4.69) is 5.32 Å². The third-order valence-corrected chi connectivity index (χ3v) is 2.66. The molecule has 1 heterocycles. The molecular weight excluding hydrogens is 258 g/mol. The van der Waals surface area contributed by atoms with Crippen molar-refractivity contribution in [3.63, 3.8) is 0 Å². The van der Waals surface area contributed by atoms with Crippen molar-refractivity contribution < 1.29 is 23.2 Å². The minimum absolute atomic E-state index is 0.0184. The monoisotopic (exact) mass is 268 g/mol. The van der Waals surface area contributed by atoms with Crippen molar-refractivity contribution in [2.24, 2.45) is 0 Å². The van der Waals surface area contributed by atoms with Gasteiger partial charge in [-0.2, -0.15) is 0 Å². The second-order valence-electron chi connectivity index (χ2n) is 4.13. The van der Waals surface area contributed by atoms with Crippen molar-refractivity contribution in [1.82, 2.24) is 10.2 Å². The van der Waals surface area contributed by atoms with Crippen molar-refractivity contribution in [2.75, 3.05) is 13.1 Å². The minimum atomic E-state index is -0.832. The Labute approximate surface area is 107 Å². The molecule has 1 aliphatic heterocycles. The summed E-state index contributed by atoms with van der Waals surface area (Å²) < 4.78 is 26.1. The standard InChI is InChI=1S/C12H10F2N2O3/c13-8-2-1-7(9(14)4-8)3-12(19)16-5-10(17)15-11(18)6-16/h1-2,4H,3,5-6H2,(H,15,17,18). The molecule has 0 aromatic heterocycles. The third kappa shape index (κ3) is 3.12. The molecule has 100 valence electrons. The Morgan fingerprint density at radius 3 is 2.42 bits per heavy atom. The summed E-state index contributed by atoms with van der Waals surface area (Å²) in [6.45, 7) is -0.485. The Morgan fingerprint density at radius 2 is 1.84 bits per heavy atom. The number of amides is 3. The largest absolute Gasteiger partial charge is 0.324 e. The quantitative estimate of drug-likeness (QED) is 0.767. The molecule has 0 bridgehead atoms. The van der Waals surface area contributed by atoms with Gasteiger partial charge in [0.1, 0.15) is 24.7 Å². The fourth-order valence-electron chi connectivity index (χ4n) is 1.75. The average Bonchev–Trinajstić information content (AvgIpc) is 2.31. The Hall–Kier alpha value is -2.31. The lowest BCUT2D eigenvalue weighted by Crippen LogP contribution is -2.53. The normalized spacial score (nSPS) is 15.4. The predicted octanol–water partition coefficient (Wildman–Crippen LogP) is -0.00770. The van der Waals surface area contributed by atoms with E-state index in [0.29, 0.717) is 6.07 Å². The van der Waals surface area contributed by atoms with Crippen molar-refractivity contribution in [3.05, 3.63) is 35.4 Å². The fourth-order valence-corrected chi connectivity index (χ4v) is 1.75. The van der Waals surface area contributed by atoms with Crippen LogP contribution in [0, 0.1) is 11.6 Å². The summed E-state index contributed by atoms with van der Waals surface area (Å²) in [6.07, 6.45) is -0.327. The molecule has 1 aromatic carbocycles. The summed E-state index contributed by atoms with van der Waals surface area (Å²) in [5, 5.41) is 2.05. The van der Waals surface area contributed by atoms with E-state index < -0.39 is 29.4 Å². The van der Waals surface area contributed by atoms with Gasteiger partial charge in [-0.3, -0.25) is 19.7 Å². The first-order chi connectivity index (χ1) is 8.95. The zero-order valence-corrected chi connectivity index (χ0v) is 9.78. The van der Waals surface area contributed by atoms with Crippen molar-refractivity contribution in [3.8, 4) is 0 Å². The van der Waals surface area contributed by atoms with Gasteiger partial charge in [0, 0.05) is 6.07 Å². The smallest absolute Gasteiger partial charge is 0.246 e. The van der Waals surface area contributed by atoms with E-state index in [1.807, 2.05) is 0 Å². The SMILES string of the molecule is O=C1CN(C(=O)Cc2ccc(F)cc2F)CC(=O)N1. The van der Waals surface area contributed by atoms with Gasteiger partial charge in [0.05, 0.1) is 6.42 Å². The van der Waals surface area contributed by atoms with Gasteiger partial charge in [-0.1, -0.05) is 6.07 Å². The number of rotatable bonds is 2. The summed E-state index contributed by atoms with van der Waals surface area (Å²) in [7, 11) is 0. The Morgan fingerprint density at radius 1 is 1.21 bits per heavy atom. The number of nitrogens with zero attached hydrogens (tertiary/aromatic N) is 1. The second-order valence-corrected chi connectivity index (χ2v) is 4.13. The molecule has 19 heavy (non-hydrogen) atoms. The van der Waals surface area contributed by atoms with Crippen molar-refractivity contribution >= 4 is 17.7 Å². The molecule has 0 unspecified atom stereocenters. The van der Waals surface area contributed by atoms with Crippen LogP contribution in [-0.4, -0.2) is 35.7 Å². The van der Waals surface area contributed by atoms with E-state index in [0.717, 1.165) is 17.0 Å². The van der Waals surface area contributed by atoms with Crippen molar-refractivity contribution in [2.45, 2.75) is 6.42 Å². The number of benzene rings is 1. The topological polar surface area (TPSA) is 66.5 Å². The summed E-state index contributed by atoms with van der Waals surface area (Å²) in [6, 6.07) is 2.88. The van der Waals surface area contributed by atoms with Gasteiger partial charge < -0.3 is 4.90 Å². The lowest BCUT2D eigenvalue weighted by Gasteiger charge is -2.25. The first-order valence-corrected chi connectivity index (χ1v) is 5.50. The molecule has 7 heteroatoms. The number of carbonyl (C=O) groups excluding carboxylic acids is 3. The maximum atomic E-state index is 13.4. The lowest BCUT2D eigenvalue weighted by atomic mass is 10.1. The molecule has 0 spiro atoms. The van der Waals surface area contributed by atoms with Crippen LogP contribution in [0.15, 0.2) is 18.2 Å². The van der Waals surface area contributed by atoms with E-state index in [1.54, 1.807) is 0 Å². The van der Waals surface area contributed by atoms with E-state index in [9.17, 15) is 23.2 Å². The highest BCUT2D eigenvalue weighted by Gasteiger charge is 2.26. The summed E-state index contributed by atoms with van der Waals surface area (Å²) in [5.41, 5.74) is 0.0184. The fraction of sp³-hybridized carbons (Fsp3) is 0.250. The molecule has 0 radical (unpaired) electrons. The van der Waals surface area contributed by atoms with Gasteiger partial charge in [0.2, 0.25) is 17.7 Å². The molecule has 0 atom stereocenters. The second kappa shape index (κ2) is 5.13. The minimum Gasteiger partial charge on any atom is -0.324 e. The van der Waals surface area contributed by atoms with Crippen LogP contribution in [0.5, 0.6) is 0 Å². The van der Waals surface area contributed by atoms with Crippen LogP contribution in [0.2, 0.25) is 0 Å². The van der Waals surface area contributed by atoms with Crippen LogP contribution in [0.1, 0.15) is 5.56 Å². The zero-order valence-electron chi connectivity index (χ0n) is 9.78. The van der Waals surface area contributed by atoms with Crippen LogP contribution in [-0.2, 0) is 20.8 Å². The van der Waals surface area contributed by atoms with Crippen molar-refractivity contribution in [1.29, 1.82) is 0 Å². The molecule has 3 amide bonds. The summed E-state index contributed by atoms with van der Waals surface area (Å²) in [4.78, 5) is 35.1. The predicted molar refractivity (Wildman–Crippen MR) is 59.8 cm³/mol. The number of hydrogen-bond acceptors (Lipinski definition) is 3. The third-order valence-electron chi connectivity index (χ3n) is 2.66. The highest BCUT2D eigenvalue weighted by Crippen LogP contribution is 2.11. The number of imide groups is 1. The van der Waals surface area contributed by atoms with Gasteiger partial charge in [-0.25, -0.2) is 8.78 Å². The van der Waals surface area contributed by atoms with E-state index in [4.69, 9.17) is 0 Å². The maximum absolute atomic E-state index is 13.4. The van der Waals surface area contributed by atoms with Gasteiger partial charge in [-0.05, 0) is 11.6 Å². The molecule has 0 saturated carbocycles. The zero-order chi connectivity index (χ0) is 14.0. The van der Waals surface area contributed by atoms with Gasteiger partial charge in [0.15, 0.2) is 0 Å². The average molecular weight is 268 g/mol. The number of hydrogen-bond donors (Lipinski definition) is 1. The molecule has 0 aliphatic carbocycles. The highest BCUT2D eigenvalue weighted by atomic mass is 19.1. The molecule has 1 saturated heterocycles. The number of carbonyl (C=O) groups is 3. The molecule has 1 fully saturated rings. The number of nitrogens with one attached hydrogen (secondary N) is 1. The van der Waals surface area contributed by atoms with Crippen LogP contribution in [0.4, 0.5) is 8.78 Å². The highest BCUT2D eigenvalue weighted by molar-refractivity contribution is 6.02. The molecule has 5 nitrogen and oxygen atoms in total. The number of halogens is 2. The van der Waals surface area contributed by atoms with Crippen LogP contribution in [0.3, 0.4) is 0 Å². The van der Waals surface area contributed by atoms with Gasteiger partial charge in [-0.15, -0.1) is 0 Å². The molecule has 1 aromatic rings. The summed E-state index contributed by atoms with van der Waals surface area (Å²) >= 11 is 0. The van der Waals surface area contributed by atoms with E-state index in [-0.39, 0.29) is 25.1 Å². The molecular formula is C12H10F2N2O3. The molecule has 1 N–H and O–H groups in total. The molecule has 2 rings (SSSR count). The van der Waals surface area contributed by atoms with Gasteiger partial charge in [0.25, 0.3) is 0 Å². The van der Waals surface area contributed by atoms with Crippen LogP contribution in [0.25, 0.3) is 0 Å². The van der Waals surface area contributed by atoms with E-state index >= 15 is 0 Å². The van der Waals surface area contributed by atoms with Gasteiger partial charge >= 0.3 is 0 Å².